The lowest BCUT2D eigenvalue weighted by molar-refractivity contribution is 0.485. The predicted octanol–water partition coefficient (Wildman–Crippen LogP) is 2.34. The Labute approximate surface area is 73.0 Å². The van der Waals surface area contributed by atoms with Crippen LogP contribution in [0.25, 0.3) is 0 Å². The second kappa shape index (κ2) is 3.31. The molecule has 1 atom stereocenters. The molecule has 1 N–H and O–H groups in total. The van der Waals surface area contributed by atoms with Crippen molar-refractivity contribution in [3.8, 4) is 0 Å². The van der Waals surface area contributed by atoms with E-state index < -0.39 is 0 Å². The van der Waals surface area contributed by atoms with Crippen LogP contribution in [0.15, 0.2) is 23.0 Å². The van der Waals surface area contributed by atoms with Gasteiger partial charge in [-0.2, -0.15) is 0 Å². The summed E-state index contributed by atoms with van der Waals surface area (Å²) in [6, 6.07) is 2.60. The van der Waals surface area contributed by atoms with Gasteiger partial charge in [-0.1, -0.05) is 6.92 Å². The first-order valence-electron chi connectivity index (χ1n) is 4.67. The standard InChI is InChI=1S/C10H15NO/c1-2-11-10(8-3-4-8)9-5-6-12-7-9/h5-8,10-11H,2-4H2,1H3. The van der Waals surface area contributed by atoms with E-state index in [0.29, 0.717) is 6.04 Å². The Balaban J connectivity index is 2.05. The lowest BCUT2D eigenvalue weighted by Gasteiger charge is -2.14. The number of hydrogen-bond donors (Lipinski definition) is 1. The van der Waals surface area contributed by atoms with E-state index in [2.05, 4.69) is 18.3 Å². The molecule has 1 aromatic rings. The zero-order chi connectivity index (χ0) is 8.39. The Kier molecular flexibility index (Phi) is 2.17. The van der Waals surface area contributed by atoms with Crippen molar-refractivity contribution in [3.05, 3.63) is 24.2 Å². The van der Waals surface area contributed by atoms with Gasteiger partial charge in [-0.25, -0.2) is 0 Å². The first kappa shape index (κ1) is 7.87. The number of furan rings is 1. The number of nitrogens with one attached hydrogen (secondary N) is 1. The van der Waals surface area contributed by atoms with Gasteiger partial charge in [0.25, 0.3) is 0 Å². The SMILES string of the molecule is CCNC(c1ccoc1)C1CC1. The molecule has 2 heteroatoms. The van der Waals surface area contributed by atoms with E-state index in [9.17, 15) is 0 Å². The Morgan fingerprint density at radius 3 is 3.00 bits per heavy atom. The molecular weight excluding hydrogens is 150 g/mol. The van der Waals surface area contributed by atoms with E-state index in [1.54, 1.807) is 6.26 Å². The van der Waals surface area contributed by atoms with Crippen molar-refractivity contribution in [1.29, 1.82) is 0 Å². The van der Waals surface area contributed by atoms with Gasteiger partial charge in [-0.05, 0) is 31.4 Å². The van der Waals surface area contributed by atoms with Gasteiger partial charge in [0.1, 0.15) is 0 Å². The summed E-state index contributed by atoms with van der Waals surface area (Å²) >= 11 is 0. The first-order chi connectivity index (χ1) is 5.92. The van der Waals surface area contributed by atoms with Gasteiger partial charge in [-0.15, -0.1) is 0 Å². The topological polar surface area (TPSA) is 25.2 Å². The summed E-state index contributed by atoms with van der Waals surface area (Å²) in [6.45, 7) is 3.18. The van der Waals surface area contributed by atoms with E-state index in [1.807, 2.05) is 6.26 Å². The molecule has 12 heavy (non-hydrogen) atoms. The van der Waals surface area contributed by atoms with Crippen LogP contribution in [0.2, 0.25) is 0 Å². The minimum absolute atomic E-state index is 0.536. The minimum atomic E-state index is 0.536. The molecule has 1 saturated carbocycles. The van der Waals surface area contributed by atoms with Crippen molar-refractivity contribution >= 4 is 0 Å². The predicted molar refractivity (Wildman–Crippen MR) is 47.8 cm³/mol. The van der Waals surface area contributed by atoms with Crippen LogP contribution < -0.4 is 5.32 Å². The highest BCUT2D eigenvalue weighted by atomic mass is 16.3. The van der Waals surface area contributed by atoms with Gasteiger partial charge in [0.05, 0.1) is 12.5 Å². The molecule has 0 saturated heterocycles. The minimum Gasteiger partial charge on any atom is -0.472 e. The summed E-state index contributed by atoms with van der Waals surface area (Å²) in [4.78, 5) is 0. The third kappa shape index (κ3) is 1.53. The van der Waals surface area contributed by atoms with Crippen molar-refractivity contribution in [2.75, 3.05) is 6.54 Å². The molecule has 0 bridgehead atoms. The fraction of sp³-hybridized carbons (Fsp3) is 0.600. The second-order valence-corrected chi connectivity index (χ2v) is 3.43. The normalized spacial score (nSPS) is 19.4. The quantitative estimate of drug-likeness (QED) is 0.740. The van der Waals surface area contributed by atoms with Crippen molar-refractivity contribution in [2.45, 2.75) is 25.8 Å². The fourth-order valence-corrected chi connectivity index (χ4v) is 1.66. The van der Waals surface area contributed by atoms with Crippen molar-refractivity contribution < 1.29 is 4.42 Å². The van der Waals surface area contributed by atoms with E-state index in [1.165, 1.54) is 18.4 Å². The van der Waals surface area contributed by atoms with Gasteiger partial charge < -0.3 is 9.73 Å². The molecule has 0 amide bonds. The summed E-state index contributed by atoms with van der Waals surface area (Å²) in [7, 11) is 0. The average Bonchev–Trinajstić information content (AvgIpc) is 2.77. The summed E-state index contributed by atoms with van der Waals surface area (Å²) < 4.78 is 5.08. The van der Waals surface area contributed by atoms with Gasteiger partial charge in [0, 0.05) is 11.6 Å². The largest absolute Gasteiger partial charge is 0.472 e. The highest BCUT2D eigenvalue weighted by Crippen LogP contribution is 2.40. The fourth-order valence-electron chi connectivity index (χ4n) is 1.66. The average molecular weight is 165 g/mol. The molecule has 1 aromatic heterocycles. The monoisotopic (exact) mass is 165 g/mol. The van der Waals surface area contributed by atoms with Crippen LogP contribution in [-0.2, 0) is 0 Å². The van der Waals surface area contributed by atoms with E-state index in [4.69, 9.17) is 4.42 Å². The Morgan fingerprint density at radius 1 is 1.67 bits per heavy atom. The molecule has 1 heterocycles. The number of rotatable bonds is 4. The lowest BCUT2D eigenvalue weighted by atomic mass is 10.1. The van der Waals surface area contributed by atoms with E-state index in [-0.39, 0.29) is 0 Å². The van der Waals surface area contributed by atoms with Crippen molar-refractivity contribution in [3.63, 3.8) is 0 Å². The number of hydrogen-bond acceptors (Lipinski definition) is 2. The van der Waals surface area contributed by atoms with E-state index >= 15 is 0 Å². The summed E-state index contributed by atoms with van der Waals surface area (Å²) in [6.07, 6.45) is 6.33. The summed E-state index contributed by atoms with van der Waals surface area (Å²) in [5, 5.41) is 3.49. The van der Waals surface area contributed by atoms with Gasteiger partial charge in [0.2, 0.25) is 0 Å². The maximum atomic E-state index is 5.08. The molecule has 1 unspecified atom stereocenters. The molecule has 1 aliphatic rings. The van der Waals surface area contributed by atoms with Crippen LogP contribution in [0.4, 0.5) is 0 Å². The van der Waals surface area contributed by atoms with Crippen molar-refractivity contribution in [1.82, 2.24) is 5.32 Å². The van der Waals surface area contributed by atoms with Crippen LogP contribution in [0, 0.1) is 5.92 Å². The maximum absolute atomic E-state index is 5.08. The smallest absolute Gasteiger partial charge is 0.0950 e. The van der Waals surface area contributed by atoms with Crippen LogP contribution in [-0.4, -0.2) is 6.54 Å². The first-order valence-corrected chi connectivity index (χ1v) is 4.67. The highest BCUT2D eigenvalue weighted by molar-refractivity contribution is 5.14. The zero-order valence-corrected chi connectivity index (χ0v) is 7.42. The molecule has 2 nitrogen and oxygen atoms in total. The van der Waals surface area contributed by atoms with Crippen LogP contribution >= 0.6 is 0 Å². The molecule has 2 rings (SSSR count). The molecular formula is C10H15NO. The Hall–Kier alpha value is -0.760. The van der Waals surface area contributed by atoms with Crippen LogP contribution in [0.3, 0.4) is 0 Å². The van der Waals surface area contributed by atoms with Gasteiger partial charge in [0.15, 0.2) is 0 Å². The summed E-state index contributed by atoms with van der Waals surface area (Å²) in [5.74, 6) is 0.850. The van der Waals surface area contributed by atoms with Crippen LogP contribution in [0.1, 0.15) is 31.4 Å². The Morgan fingerprint density at radius 2 is 2.50 bits per heavy atom. The molecule has 0 radical (unpaired) electrons. The molecule has 0 aromatic carbocycles. The zero-order valence-electron chi connectivity index (χ0n) is 7.42. The lowest BCUT2D eigenvalue weighted by Crippen LogP contribution is -2.21. The Bertz CT molecular complexity index is 226. The molecule has 1 fully saturated rings. The summed E-state index contributed by atoms with van der Waals surface area (Å²) in [5.41, 5.74) is 1.30. The van der Waals surface area contributed by atoms with Crippen LogP contribution in [0.5, 0.6) is 0 Å². The molecule has 0 aliphatic heterocycles. The molecule has 0 spiro atoms. The van der Waals surface area contributed by atoms with Gasteiger partial charge in [-0.3, -0.25) is 0 Å². The third-order valence-corrected chi connectivity index (χ3v) is 2.42. The molecule has 66 valence electrons. The maximum Gasteiger partial charge on any atom is 0.0950 e. The second-order valence-electron chi connectivity index (χ2n) is 3.43. The van der Waals surface area contributed by atoms with E-state index in [0.717, 1.165) is 12.5 Å². The van der Waals surface area contributed by atoms with Crippen molar-refractivity contribution in [2.24, 2.45) is 5.92 Å². The van der Waals surface area contributed by atoms with Gasteiger partial charge >= 0.3 is 0 Å². The molecule has 1 aliphatic carbocycles. The third-order valence-electron chi connectivity index (χ3n) is 2.42. The highest BCUT2D eigenvalue weighted by Gasteiger charge is 2.31.